The Balaban J connectivity index is 1.88. The normalized spacial score (nSPS) is 26.4. The van der Waals surface area contributed by atoms with E-state index in [0.717, 1.165) is 12.0 Å². The maximum absolute atomic E-state index is 14.9. The Morgan fingerprint density at radius 1 is 0.881 bits per heavy atom. The van der Waals surface area contributed by atoms with Crippen molar-refractivity contribution >= 4 is 51.8 Å². The molecule has 0 radical (unpaired) electrons. The standard InChI is InChI=1S/C45H64N6O15S/c1-8-25(3)36-45(60)66-27(5)37(49-41(56)34(64-7)24-65-67(61,62)63)42(57)46-31(20-17-28-15-18-30(52)19-16-28)39(54)47-32-21-22-35(53)51(43(32)58)38(26(4)9-2)44(59)50(6)33(40(55)48-36)23-29-13-11-10-12-14-29/h10-16,18-19,25-27,31-38,52-53H,8-9,17,20-24H2,1-7H3,(H,46,57)(H,47,54)(H,48,55)(H,49,56)(H,61,62,63)/t25-,26-,27+,31?,32-,33-,34+,35+,36-,37?,38?/m0/s1. The summed E-state index contributed by atoms with van der Waals surface area (Å²) in [5, 5.41) is 31.7. The van der Waals surface area contributed by atoms with Gasteiger partial charge in [0.1, 0.15) is 60.9 Å². The summed E-state index contributed by atoms with van der Waals surface area (Å²) in [7, 11) is -2.64. The molecule has 2 aliphatic rings. The number of fused-ring (bicyclic) bond motifs is 2. The number of piperidine rings is 1. The fourth-order valence-corrected chi connectivity index (χ4v) is 8.18. The molecule has 0 spiro atoms. The fraction of sp³-hybridized carbons (Fsp3) is 0.578. The average molecular weight is 961 g/mol. The number of phenolic OH excluding ortho intramolecular Hbond substituents is 1. The Bertz CT molecular complexity index is 2160. The summed E-state index contributed by atoms with van der Waals surface area (Å²) in [6.07, 6.45) is -4.31. The largest absolute Gasteiger partial charge is 0.508 e. The molecule has 2 fully saturated rings. The number of likely N-dealkylation sites (N-methyl/N-ethyl adjacent to an activating group) is 1. The SMILES string of the molecule is CC[C@H](C)C1C(=O)N(C)[C@@H](Cc2ccccc2)C(=O)N[C@@H]([C@@H](C)CC)C(=O)O[C@H](C)C(NC(=O)[C@@H](COS(=O)(=O)O)OC)C(=O)NC(CCc2ccc(O)cc2)C(=O)N[C@H]2CC[C@@H](O)N1C2=O. The van der Waals surface area contributed by atoms with Crippen LogP contribution in [-0.4, -0.2) is 150 Å². The lowest BCUT2D eigenvalue weighted by atomic mass is 9.91. The van der Waals surface area contributed by atoms with Crippen molar-refractivity contribution in [2.75, 3.05) is 20.8 Å². The minimum atomic E-state index is -5.05. The van der Waals surface area contributed by atoms with E-state index < -0.39 is 125 Å². The molecule has 0 aliphatic carbocycles. The molecular weight excluding hydrogens is 897 g/mol. The number of amides is 6. The Hall–Kier alpha value is -5.68. The van der Waals surface area contributed by atoms with E-state index in [2.05, 4.69) is 25.5 Å². The number of phenols is 1. The number of ether oxygens (including phenoxy) is 2. The second-order valence-electron chi connectivity index (χ2n) is 17.1. The van der Waals surface area contributed by atoms with Gasteiger partial charge in [0.2, 0.25) is 29.5 Å². The molecule has 11 atom stereocenters. The predicted molar refractivity (Wildman–Crippen MR) is 239 cm³/mol. The minimum absolute atomic E-state index is 0.0232. The molecule has 4 rings (SSSR count). The molecule has 2 saturated heterocycles. The highest BCUT2D eigenvalue weighted by Gasteiger charge is 2.47. The smallest absolute Gasteiger partial charge is 0.397 e. The molecule has 21 nitrogen and oxygen atoms in total. The van der Waals surface area contributed by atoms with Crippen LogP contribution in [0, 0.1) is 11.8 Å². The van der Waals surface area contributed by atoms with E-state index in [1.807, 2.05) is 0 Å². The molecule has 0 aromatic heterocycles. The first-order valence-corrected chi connectivity index (χ1v) is 23.6. The molecule has 22 heteroatoms. The first kappa shape index (κ1) is 53.9. The molecule has 2 aromatic carbocycles. The Morgan fingerprint density at radius 2 is 1.52 bits per heavy atom. The first-order valence-electron chi connectivity index (χ1n) is 22.3. The average Bonchev–Trinajstić information content (AvgIpc) is 3.29. The van der Waals surface area contributed by atoms with Crippen LogP contribution in [0.5, 0.6) is 5.75 Å². The van der Waals surface area contributed by atoms with Gasteiger partial charge in [-0.3, -0.25) is 33.3 Å². The van der Waals surface area contributed by atoms with E-state index in [1.165, 1.54) is 31.0 Å². The lowest BCUT2D eigenvalue weighted by Gasteiger charge is -2.44. The van der Waals surface area contributed by atoms with Crippen LogP contribution in [0.1, 0.15) is 77.8 Å². The summed E-state index contributed by atoms with van der Waals surface area (Å²) in [5.74, 6) is -7.64. The molecule has 2 aromatic rings. The van der Waals surface area contributed by atoms with Gasteiger partial charge >= 0.3 is 16.4 Å². The zero-order valence-electron chi connectivity index (χ0n) is 38.7. The van der Waals surface area contributed by atoms with Crippen molar-refractivity contribution < 1.29 is 70.4 Å². The molecule has 3 unspecified atom stereocenters. The van der Waals surface area contributed by atoms with Gasteiger partial charge in [0, 0.05) is 20.6 Å². The number of hydrogen-bond acceptors (Lipinski definition) is 14. The number of hydrogen-bond donors (Lipinski definition) is 7. The number of nitrogens with one attached hydrogen (secondary N) is 4. The number of benzene rings is 2. The van der Waals surface area contributed by atoms with Crippen LogP contribution in [-0.2, 0) is 70.5 Å². The minimum Gasteiger partial charge on any atom is -0.508 e. The molecule has 2 bridgehead atoms. The number of rotatable bonds is 15. The van der Waals surface area contributed by atoms with Gasteiger partial charge in [0.05, 0.1) is 0 Å². The van der Waals surface area contributed by atoms with Gasteiger partial charge in [0.25, 0.3) is 5.91 Å². The van der Waals surface area contributed by atoms with Crippen molar-refractivity contribution in [3.05, 3.63) is 65.7 Å². The summed E-state index contributed by atoms with van der Waals surface area (Å²) >= 11 is 0. The number of esters is 1. The topological polar surface area (TPSA) is 297 Å². The highest BCUT2D eigenvalue weighted by atomic mass is 32.3. The van der Waals surface area contributed by atoms with Crippen molar-refractivity contribution in [1.82, 2.24) is 31.1 Å². The lowest BCUT2D eigenvalue weighted by Crippen LogP contribution is -2.66. The highest BCUT2D eigenvalue weighted by molar-refractivity contribution is 7.80. The van der Waals surface area contributed by atoms with Crippen LogP contribution >= 0.6 is 0 Å². The van der Waals surface area contributed by atoms with Gasteiger partial charge in [-0.1, -0.05) is 83.0 Å². The van der Waals surface area contributed by atoms with Crippen LogP contribution in [0.4, 0.5) is 0 Å². The van der Waals surface area contributed by atoms with Crippen LogP contribution in [0.3, 0.4) is 0 Å². The molecule has 7 N–H and O–H groups in total. The third-order valence-corrected chi connectivity index (χ3v) is 12.8. The number of aliphatic hydroxyl groups is 1. The van der Waals surface area contributed by atoms with Crippen LogP contribution in [0.25, 0.3) is 0 Å². The maximum atomic E-state index is 14.9. The van der Waals surface area contributed by atoms with E-state index in [9.17, 15) is 52.2 Å². The summed E-state index contributed by atoms with van der Waals surface area (Å²) in [5.41, 5.74) is 1.28. The van der Waals surface area contributed by atoms with Crippen molar-refractivity contribution in [1.29, 1.82) is 0 Å². The summed E-state index contributed by atoms with van der Waals surface area (Å²) in [6.45, 7) is 7.14. The highest BCUT2D eigenvalue weighted by Crippen LogP contribution is 2.28. The van der Waals surface area contributed by atoms with Crippen LogP contribution in [0.15, 0.2) is 54.6 Å². The van der Waals surface area contributed by atoms with Gasteiger partial charge in [-0.25, -0.2) is 8.98 Å². The fourth-order valence-electron chi connectivity index (χ4n) is 7.89. The quantitative estimate of drug-likeness (QED) is 0.0946. The van der Waals surface area contributed by atoms with Crippen molar-refractivity contribution in [3.63, 3.8) is 0 Å². The summed E-state index contributed by atoms with van der Waals surface area (Å²) < 4.78 is 47.1. The van der Waals surface area contributed by atoms with Gasteiger partial charge in [-0.15, -0.1) is 0 Å². The molecule has 370 valence electrons. The molecule has 2 aliphatic heterocycles. The molecule has 67 heavy (non-hydrogen) atoms. The van der Waals surface area contributed by atoms with E-state index in [0.29, 0.717) is 24.0 Å². The zero-order valence-corrected chi connectivity index (χ0v) is 39.6. The van der Waals surface area contributed by atoms with E-state index >= 15 is 0 Å². The molecular formula is C45H64N6O15S. The molecule has 6 amide bonds. The van der Waals surface area contributed by atoms with Gasteiger partial charge < -0.3 is 50.8 Å². The Kier molecular flexibility index (Phi) is 19.6. The maximum Gasteiger partial charge on any atom is 0.397 e. The first-order chi connectivity index (χ1) is 31.6. The number of nitrogens with zero attached hydrogens (tertiary/aromatic N) is 2. The number of carbonyl (C=O) groups is 7. The Morgan fingerprint density at radius 3 is 2.12 bits per heavy atom. The molecule has 0 saturated carbocycles. The van der Waals surface area contributed by atoms with Crippen molar-refractivity contribution in [2.45, 2.75) is 134 Å². The van der Waals surface area contributed by atoms with E-state index in [-0.39, 0.29) is 37.9 Å². The third-order valence-electron chi connectivity index (χ3n) is 12.4. The van der Waals surface area contributed by atoms with E-state index in [4.69, 9.17) is 14.0 Å². The van der Waals surface area contributed by atoms with Crippen molar-refractivity contribution in [2.24, 2.45) is 11.8 Å². The van der Waals surface area contributed by atoms with Crippen LogP contribution < -0.4 is 21.3 Å². The number of aliphatic hydroxyl groups excluding tert-OH is 1. The second kappa shape index (κ2) is 24.4. The zero-order chi connectivity index (χ0) is 49.7. The number of methoxy groups -OCH3 is 1. The number of cyclic esters (lactones) is 1. The van der Waals surface area contributed by atoms with E-state index in [1.54, 1.807) is 70.2 Å². The molecule has 2 heterocycles. The second-order valence-corrected chi connectivity index (χ2v) is 18.1. The predicted octanol–water partition coefficient (Wildman–Crippen LogP) is 0.515. The van der Waals surface area contributed by atoms with Gasteiger partial charge in [-0.05, 0) is 67.7 Å². The monoisotopic (exact) mass is 960 g/mol. The number of aromatic hydroxyl groups is 1. The summed E-state index contributed by atoms with van der Waals surface area (Å²) in [4.78, 5) is 103. The Labute approximate surface area is 390 Å². The number of aryl methyl sites for hydroxylation is 1. The third kappa shape index (κ3) is 14.7. The number of carbonyl (C=O) groups excluding carboxylic acids is 7. The van der Waals surface area contributed by atoms with Gasteiger partial charge in [0.15, 0.2) is 6.10 Å². The lowest BCUT2D eigenvalue weighted by molar-refractivity contribution is -0.168. The van der Waals surface area contributed by atoms with Gasteiger partial charge in [-0.2, -0.15) is 8.42 Å². The van der Waals surface area contributed by atoms with Crippen molar-refractivity contribution in [3.8, 4) is 5.75 Å². The summed E-state index contributed by atoms with van der Waals surface area (Å²) in [6, 6.07) is 6.14. The van der Waals surface area contributed by atoms with Crippen LogP contribution in [0.2, 0.25) is 0 Å².